The van der Waals surface area contributed by atoms with Gasteiger partial charge in [-0.1, -0.05) is 0 Å². The van der Waals surface area contributed by atoms with Crippen molar-refractivity contribution >= 4 is 24.0 Å². The van der Waals surface area contributed by atoms with Crippen LogP contribution < -0.4 is 11.1 Å². The predicted molar refractivity (Wildman–Crippen MR) is 85.9 cm³/mol. The van der Waals surface area contributed by atoms with Crippen LogP contribution in [0.15, 0.2) is 30.9 Å². The van der Waals surface area contributed by atoms with E-state index in [0.29, 0.717) is 0 Å². The largest absolute Gasteiger partial charge is 0.346 e. The molecule has 10 heteroatoms. The van der Waals surface area contributed by atoms with Gasteiger partial charge in [0.2, 0.25) is 0 Å². The number of hydrogen-bond acceptors (Lipinski definition) is 6. The zero-order valence-corrected chi connectivity index (χ0v) is 13.4. The predicted octanol–water partition coefficient (Wildman–Crippen LogP) is 1.06. The summed E-state index contributed by atoms with van der Waals surface area (Å²) in [6.45, 7) is 3.78. The second-order valence-corrected chi connectivity index (χ2v) is 5.34. The lowest BCUT2D eigenvalue weighted by atomic mass is 10.0. The number of carbonyl (C=O) groups is 1. The van der Waals surface area contributed by atoms with Crippen molar-refractivity contribution in [2.75, 3.05) is 6.54 Å². The average Bonchev–Trinajstić information content (AvgIpc) is 3.00. The second-order valence-electron chi connectivity index (χ2n) is 5.34. The van der Waals surface area contributed by atoms with Gasteiger partial charge in [-0.15, -0.1) is 12.4 Å². The van der Waals surface area contributed by atoms with Gasteiger partial charge in [-0.2, -0.15) is 5.10 Å². The fourth-order valence-electron chi connectivity index (χ4n) is 1.77. The number of amides is 1. The fourth-order valence-corrected chi connectivity index (χ4v) is 1.77. The molecule has 0 atom stereocenters. The van der Waals surface area contributed by atoms with E-state index in [1.165, 1.54) is 35.5 Å². The molecule has 0 aliphatic rings. The molecule has 1 aromatic heterocycles. The first kappa shape index (κ1) is 18.5. The first-order valence-corrected chi connectivity index (χ1v) is 6.50. The zero-order chi connectivity index (χ0) is 16.3. The van der Waals surface area contributed by atoms with Gasteiger partial charge in [-0.25, -0.2) is 9.67 Å². The lowest BCUT2D eigenvalue weighted by Gasteiger charge is -2.24. The van der Waals surface area contributed by atoms with Crippen molar-refractivity contribution in [3.8, 4) is 5.69 Å². The highest BCUT2D eigenvalue weighted by Crippen LogP contribution is 2.23. The molecule has 9 nitrogen and oxygen atoms in total. The molecule has 0 saturated heterocycles. The van der Waals surface area contributed by atoms with Crippen molar-refractivity contribution in [1.29, 1.82) is 0 Å². The summed E-state index contributed by atoms with van der Waals surface area (Å²) in [4.78, 5) is 26.6. The Kier molecular flexibility index (Phi) is 5.77. The summed E-state index contributed by atoms with van der Waals surface area (Å²) in [5, 5.41) is 17.8. The van der Waals surface area contributed by atoms with Crippen molar-refractivity contribution in [3.63, 3.8) is 0 Å². The molecule has 0 unspecified atom stereocenters. The summed E-state index contributed by atoms with van der Waals surface area (Å²) in [5.74, 6) is -0.427. The second kappa shape index (κ2) is 7.16. The third-order valence-corrected chi connectivity index (χ3v) is 3.06. The normalized spacial score (nSPS) is 10.7. The molecule has 2 rings (SSSR count). The third kappa shape index (κ3) is 4.24. The van der Waals surface area contributed by atoms with Gasteiger partial charge in [0.25, 0.3) is 11.6 Å². The van der Waals surface area contributed by atoms with E-state index in [9.17, 15) is 14.9 Å². The molecule has 2 aromatic rings. The molecule has 0 aliphatic carbocycles. The van der Waals surface area contributed by atoms with Crippen LogP contribution in [0, 0.1) is 10.1 Å². The molecule has 1 amide bonds. The summed E-state index contributed by atoms with van der Waals surface area (Å²) in [5.41, 5.74) is 5.14. The minimum Gasteiger partial charge on any atom is -0.346 e. The highest BCUT2D eigenvalue weighted by molar-refractivity contribution is 5.95. The summed E-state index contributed by atoms with van der Waals surface area (Å²) in [7, 11) is 0. The number of carbonyl (C=O) groups excluding carboxylic acids is 1. The number of hydrogen-bond donors (Lipinski definition) is 2. The van der Waals surface area contributed by atoms with Gasteiger partial charge in [0, 0.05) is 23.7 Å². The number of aromatic nitrogens is 3. The summed E-state index contributed by atoms with van der Waals surface area (Å²) < 4.78 is 1.27. The Morgan fingerprint density at radius 1 is 1.48 bits per heavy atom. The number of benzene rings is 1. The first-order chi connectivity index (χ1) is 10.3. The molecule has 0 aliphatic heterocycles. The Hall–Kier alpha value is -2.52. The van der Waals surface area contributed by atoms with Crippen LogP contribution in [0.5, 0.6) is 0 Å². The molecule has 3 N–H and O–H groups in total. The fraction of sp³-hybridized carbons (Fsp3) is 0.308. The van der Waals surface area contributed by atoms with Crippen molar-refractivity contribution < 1.29 is 9.72 Å². The molecule has 0 radical (unpaired) electrons. The summed E-state index contributed by atoms with van der Waals surface area (Å²) in [6, 6.07) is 4.15. The number of nitro benzene ring substituents is 1. The van der Waals surface area contributed by atoms with Gasteiger partial charge >= 0.3 is 0 Å². The van der Waals surface area contributed by atoms with E-state index < -0.39 is 16.4 Å². The van der Waals surface area contributed by atoms with E-state index >= 15 is 0 Å². The van der Waals surface area contributed by atoms with Gasteiger partial charge in [-0.05, 0) is 26.0 Å². The van der Waals surface area contributed by atoms with E-state index in [-0.39, 0.29) is 35.9 Å². The molecule has 0 saturated carbocycles. The van der Waals surface area contributed by atoms with Gasteiger partial charge < -0.3 is 11.1 Å². The molecular formula is C13H17ClN6O3. The summed E-state index contributed by atoms with van der Waals surface area (Å²) in [6.07, 6.45) is 2.62. The number of nitro groups is 1. The highest BCUT2D eigenvalue weighted by Gasteiger charge is 2.23. The van der Waals surface area contributed by atoms with Crippen molar-refractivity contribution in [2.45, 2.75) is 19.4 Å². The maximum Gasteiger partial charge on any atom is 0.295 e. The average molecular weight is 341 g/mol. The van der Waals surface area contributed by atoms with Gasteiger partial charge in [-0.3, -0.25) is 14.9 Å². The number of rotatable bonds is 5. The van der Waals surface area contributed by atoms with E-state index in [1.807, 2.05) is 0 Å². The van der Waals surface area contributed by atoms with Crippen molar-refractivity contribution in [1.82, 2.24) is 20.1 Å². The summed E-state index contributed by atoms with van der Waals surface area (Å²) >= 11 is 0. The van der Waals surface area contributed by atoms with Crippen LogP contribution in [-0.2, 0) is 0 Å². The Labute approximate surface area is 138 Å². The van der Waals surface area contributed by atoms with Crippen molar-refractivity contribution in [2.24, 2.45) is 5.73 Å². The number of halogens is 1. The van der Waals surface area contributed by atoms with E-state index in [2.05, 4.69) is 15.4 Å². The molecule has 1 aromatic carbocycles. The first-order valence-electron chi connectivity index (χ1n) is 6.50. The number of nitrogens with one attached hydrogen (secondary N) is 1. The molecule has 23 heavy (non-hydrogen) atoms. The standard InChI is InChI=1S/C13H16N6O3.ClH/c1-13(2,6-14)17-12(20)9-3-4-10(11(5-9)19(21)22)18-8-15-7-16-18;/h3-5,7-8H,6,14H2,1-2H3,(H,17,20);1H. The quantitative estimate of drug-likeness (QED) is 0.618. The van der Waals surface area contributed by atoms with Crippen LogP contribution in [0.4, 0.5) is 5.69 Å². The van der Waals surface area contributed by atoms with Crippen LogP contribution in [0.3, 0.4) is 0 Å². The van der Waals surface area contributed by atoms with Gasteiger partial charge in [0.1, 0.15) is 18.3 Å². The SMILES string of the molecule is CC(C)(CN)NC(=O)c1ccc(-n2cncn2)c([N+](=O)[O-])c1.Cl. The van der Waals surface area contributed by atoms with Crippen LogP contribution in [0.25, 0.3) is 5.69 Å². The monoisotopic (exact) mass is 340 g/mol. The molecule has 1 heterocycles. The molecule has 124 valence electrons. The topological polar surface area (TPSA) is 129 Å². The van der Waals surface area contributed by atoms with Crippen LogP contribution in [0.2, 0.25) is 0 Å². The Morgan fingerprint density at radius 2 is 2.17 bits per heavy atom. The Morgan fingerprint density at radius 3 is 2.70 bits per heavy atom. The smallest absolute Gasteiger partial charge is 0.295 e. The Bertz CT molecular complexity index is 702. The number of nitrogens with zero attached hydrogens (tertiary/aromatic N) is 4. The minimum absolute atomic E-state index is 0. The zero-order valence-electron chi connectivity index (χ0n) is 12.6. The molecule has 0 bridgehead atoms. The van der Waals surface area contributed by atoms with Gasteiger partial charge in [0.05, 0.1) is 4.92 Å². The lowest BCUT2D eigenvalue weighted by Crippen LogP contribution is -2.48. The van der Waals surface area contributed by atoms with E-state index in [0.717, 1.165) is 0 Å². The van der Waals surface area contributed by atoms with Gasteiger partial charge in [0.15, 0.2) is 0 Å². The van der Waals surface area contributed by atoms with Crippen LogP contribution in [-0.4, -0.2) is 37.7 Å². The van der Waals surface area contributed by atoms with E-state index in [4.69, 9.17) is 5.73 Å². The maximum atomic E-state index is 12.2. The minimum atomic E-state index is -0.601. The third-order valence-electron chi connectivity index (χ3n) is 3.06. The highest BCUT2D eigenvalue weighted by atomic mass is 35.5. The molecule has 0 fully saturated rings. The molecular weight excluding hydrogens is 324 g/mol. The number of nitrogens with two attached hydrogens (primary N) is 1. The maximum absolute atomic E-state index is 12.2. The van der Waals surface area contributed by atoms with Crippen molar-refractivity contribution in [3.05, 3.63) is 46.5 Å². The van der Waals surface area contributed by atoms with E-state index in [1.54, 1.807) is 13.8 Å². The lowest BCUT2D eigenvalue weighted by molar-refractivity contribution is -0.384. The Balaban J connectivity index is 0.00000264. The molecule has 0 spiro atoms. The van der Waals surface area contributed by atoms with Crippen LogP contribution in [0.1, 0.15) is 24.2 Å². The van der Waals surface area contributed by atoms with Crippen LogP contribution >= 0.6 is 12.4 Å².